The minimum atomic E-state index is -3.88. The van der Waals surface area contributed by atoms with E-state index < -0.39 is 22.0 Å². The summed E-state index contributed by atoms with van der Waals surface area (Å²) in [6.45, 7) is 5.65. The normalized spacial score (nSPS) is 11.2. The molecule has 0 atom stereocenters. The minimum absolute atomic E-state index is 0.0534. The van der Waals surface area contributed by atoms with E-state index in [1.165, 1.54) is 18.2 Å². The third-order valence-corrected chi connectivity index (χ3v) is 7.47. The van der Waals surface area contributed by atoms with E-state index in [9.17, 15) is 23.1 Å². The molecule has 3 aromatic rings. The Balaban J connectivity index is 1.68. The Morgan fingerprint density at radius 1 is 0.837 bits per heavy atom. The van der Waals surface area contributed by atoms with Crippen molar-refractivity contribution in [3.05, 3.63) is 83.4 Å². The number of aliphatic hydroxyl groups is 1. The van der Waals surface area contributed by atoms with Crippen molar-refractivity contribution in [2.75, 3.05) is 44.2 Å². The Labute approximate surface area is 252 Å². The molecule has 0 amide bonds. The average molecular weight is 615 g/mol. The molecule has 0 radical (unpaired) electrons. The van der Waals surface area contributed by atoms with E-state index in [0.717, 1.165) is 11.1 Å². The standard InChI is InChI=1S/C31H38N2O9S/c1-4-39-30(35)20-33(21-31(36)40-5-2)19-25-8-6-7-9-28(25)41-16-17-42-29-18-24(22-34)12-15-27(29)32-43(37,38)26-13-10-23(3)11-14-26/h6-15,18,32,34H,4-5,16-17,19-22H2,1-3H3. The van der Waals surface area contributed by atoms with E-state index in [0.29, 0.717) is 11.3 Å². The highest BCUT2D eigenvalue weighted by Crippen LogP contribution is 2.29. The lowest BCUT2D eigenvalue weighted by atomic mass is 10.2. The highest BCUT2D eigenvalue weighted by molar-refractivity contribution is 7.92. The van der Waals surface area contributed by atoms with Crippen molar-refractivity contribution in [1.82, 2.24) is 4.90 Å². The first kappa shape index (κ1) is 33.4. The van der Waals surface area contributed by atoms with Crippen LogP contribution in [-0.4, -0.2) is 69.9 Å². The first-order valence-corrected chi connectivity index (χ1v) is 15.3. The highest BCUT2D eigenvalue weighted by atomic mass is 32.2. The summed E-state index contributed by atoms with van der Waals surface area (Å²) in [5, 5.41) is 9.60. The van der Waals surface area contributed by atoms with Gasteiger partial charge in [-0.3, -0.25) is 19.2 Å². The number of ether oxygens (including phenoxy) is 4. The molecule has 3 rings (SSSR count). The second-order valence-corrected chi connectivity index (χ2v) is 11.1. The van der Waals surface area contributed by atoms with Gasteiger partial charge in [0.25, 0.3) is 10.0 Å². The molecule has 11 nitrogen and oxygen atoms in total. The summed E-state index contributed by atoms with van der Waals surface area (Å²) in [5.41, 5.74) is 2.42. The zero-order chi connectivity index (χ0) is 31.2. The number of sulfonamides is 1. The lowest BCUT2D eigenvalue weighted by molar-refractivity contribution is -0.148. The summed E-state index contributed by atoms with van der Waals surface area (Å²) in [4.78, 5) is 26.0. The Morgan fingerprint density at radius 2 is 1.44 bits per heavy atom. The SMILES string of the molecule is CCOC(=O)CN(CC(=O)OCC)Cc1ccccc1OCCOc1cc(CO)ccc1NS(=O)(=O)c1ccc(C)cc1. The number of hydrogen-bond donors (Lipinski definition) is 2. The topological polar surface area (TPSA) is 141 Å². The number of carbonyl (C=O) groups is 2. The maximum absolute atomic E-state index is 13.0. The number of aryl methyl sites for hydroxylation is 1. The predicted molar refractivity (Wildman–Crippen MR) is 160 cm³/mol. The summed E-state index contributed by atoms with van der Waals surface area (Å²) in [6.07, 6.45) is 0. The van der Waals surface area contributed by atoms with Gasteiger partial charge in [-0.05, 0) is 56.7 Å². The molecule has 0 bridgehead atoms. The van der Waals surface area contributed by atoms with Crippen LogP contribution in [0, 0.1) is 6.92 Å². The number of nitrogens with one attached hydrogen (secondary N) is 1. The molecule has 0 fully saturated rings. The first-order valence-electron chi connectivity index (χ1n) is 13.9. The molecular formula is C31H38N2O9S. The third-order valence-electron chi connectivity index (χ3n) is 6.09. The molecule has 2 N–H and O–H groups in total. The molecule has 0 saturated heterocycles. The molecule has 0 aromatic heterocycles. The molecular weight excluding hydrogens is 576 g/mol. The van der Waals surface area contributed by atoms with Gasteiger partial charge in [-0.2, -0.15) is 0 Å². The summed E-state index contributed by atoms with van der Waals surface area (Å²) < 4.78 is 50.4. The van der Waals surface area contributed by atoms with Crippen LogP contribution in [0.2, 0.25) is 0 Å². The van der Waals surface area contributed by atoms with E-state index >= 15 is 0 Å². The summed E-state index contributed by atoms with van der Waals surface area (Å²) in [5.74, 6) is -0.169. The molecule has 43 heavy (non-hydrogen) atoms. The predicted octanol–water partition coefficient (Wildman–Crippen LogP) is 3.67. The van der Waals surface area contributed by atoms with E-state index in [4.69, 9.17) is 18.9 Å². The van der Waals surface area contributed by atoms with Gasteiger partial charge in [0.15, 0.2) is 0 Å². The quantitative estimate of drug-likeness (QED) is 0.171. The van der Waals surface area contributed by atoms with Gasteiger partial charge >= 0.3 is 11.9 Å². The van der Waals surface area contributed by atoms with Crippen molar-refractivity contribution in [2.24, 2.45) is 0 Å². The monoisotopic (exact) mass is 614 g/mol. The Hall–Kier alpha value is -4.13. The summed E-state index contributed by atoms with van der Waals surface area (Å²) in [7, 11) is -3.88. The molecule has 0 aliphatic rings. The average Bonchev–Trinajstić information content (AvgIpc) is 2.97. The fourth-order valence-electron chi connectivity index (χ4n) is 4.06. The zero-order valence-corrected chi connectivity index (χ0v) is 25.4. The fraction of sp³-hybridized carbons (Fsp3) is 0.355. The van der Waals surface area contributed by atoms with E-state index in [2.05, 4.69) is 4.72 Å². The van der Waals surface area contributed by atoms with Gasteiger partial charge in [0.1, 0.15) is 24.7 Å². The lowest BCUT2D eigenvalue weighted by Gasteiger charge is -2.22. The molecule has 0 heterocycles. The van der Waals surface area contributed by atoms with Gasteiger partial charge in [0.05, 0.1) is 43.5 Å². The Morgan fingerprint density at radius 3 is 2.05 bits per heavy atom. The van der Waals surface area contributed by atoms with Crippen LogP contribution < -0.4 is 14.2 Å². The number of carbonyl (C=O) groups excluding carboxylic acids is 2. The minimum Gasteiger partial charge on any atom is -0.490 e. The third kappa shape index (κ3) is 10.6. The van der Waals surface area contributed by atoms with Crippen molar-refractivity contribution in [1.29, 1.82) is 0 Å². The first-order chi connectivity index (χ1) is 20.6. The van der Waals surface area contributed by atoms with Crippen LogP contribution in [0.1, 0.15) is 30.5 Å². The number of rotatable bonds is 17. The lowest BCUT2D eigenvalue weighted by Crippen LogP contribution is -2.35. The van der Waals surface area contributed by atoms with Crippen molar-refractivity contribution in [3.8, 4) is 11.5 Å². The molecule has 232 valence electrons. The van der Waals surface area contributed by atoms with E-state index in [1.807, 2.05) is 19.1 Å². The van der Waals surface area contributed by atoms with E-state index in [-0.39, 0.29) is 69.0 Å². The van der Waals surface area contributed by atoms with Crippen molar-refractivity contribution >= 4 is 27.6 Å². The zero-order valence-electron chi connectivity index (χ0n) is 24.6. The molecule has 0 aliphatic heterocycles. The summed E-state index contributed by atoms with van der Waals surface area (Å²) >= 11 is 0. The number of aliphatic hydroxyl groups excluding tert-OH is 1. The highest BCUT2D eigenvalue weighted by Gasteiger charge is 2.19. The van der Waals surface area contributed by atoms with Crippen molar-refractivity contribution < 1.29 is 42.1 Å². The fourth-order valence-corrected chi connectivity index (χ4v) is 5.13. The molecule has 0 saturated carbocycles. The number of nitrogens with zero attached hydrogens (tertiary/aromatic N) is 1. The molecule has 3 aromatic carbocycles. The van der Waals surface area contributed by atoms with Crippen molar-refractivity contribution in [3.63, 3.8) is 0 Å². The van der Waals surface area contributed by atoms with Gasteiger partial charge < -0.3 is 24.1 Å². The van der Waals surface area contributed by atoms with Crippen molar-refractivity contribution in [2.45, 2.75) is 38.8 Å². The van der Waals surface area contributed by atoms with Gasteiger partial charge in [-0.1, -0.05) is 42.0 Å². The number of esters is 2. The maximum Gasteiger partial charge on any atom is 0.320 e. The van der Waals surface area contributed by atoms with Gasteiger partial charge in [0, 0.05) is 12.1 Å². The maximum atomic E-state index is 13.0. The summed E-state index contributed by atoms with van der Waals surface area (Å²) in [6, 6.07) is 18.4. The van der Waals surface area contributed by atoms with Crippen LogP contribution >= 0.6 is 0 Å². The van der Waals surface area contributed by atoms with Crippen LogP contribution in [0.4, 0.5) is 5.69 Å². The molecule has 0 aliphatic carbocycles. The van der Waals surface area contributed by atoms with Gasteiger partial charge in [0.2, 0.25) is 0 Å². The van der Waals surface area contributed by atoms with Crippen LogP contribution in [0.5, 0.6) is 11.5 Å². The number of benzene rings is 3. The van der Waals surface area contributed by atoms with Crippen LogP contribution in [0.25, 0.3) is 0 Å². The van der Waals surface area contributed by atoms with Gasteiger partial charge in [-0.15, -0.1) is 0 Å². The number of anilines is 1. The Kier molecular flexibility index (Phi) is 12.8. The van der Waals surface area contributed by atoms with E-state index in [1.54, 1.807) is 55.1 Å². The molecule has 12 heteroatoms. The largest absolute Gasteiger partial charge is 0.490 e. The smallest absolute Gasteiger partial charge is 0.320 e. The number of hydrogen-bond acceptors (Lipinski definition) is 10. The molecule has 0 unspecified atom stereocenters. The van der Waals surface area contributed by atoms with Crippen LogP contribution in [0.3, 0.4) is 0 Å². The van der Waals surface area contributed by atoms with Crippen LogP contribution in [0.15, 0.2) is 71.6 Å². The Bertz CT molecular complexity index is 1440. The number of para-hydroxylation sites is 1. The second-order valence-electron chi connectivity index (χ2n) is 9.47. The molecule has 0 spiro atoms. The van der Waals surface area contributed by atoms with Gasteiger partial charge in [-0.25, -0.2) is 8.42 Å². The van der Waals surface area contributed by atoms with Crippen LogP contribution in [-0.2, 0) is 42.2 Å². The second kappa shape index (κ2) is 16.5.